The fourth-order valence-corrected chi connectivity index (χ4v) is 1.88. The number of unbranched alkanes of at least 4 members (excludes halogenated alkanes) is 2. The quantitative estimate of drug-likeness (QED) is 0.444. The van der Waals surface area contributed by atoms with E-state index in [4.69, 9.17) is 0 Å². The van der Waals surface area contributed by atoms with Crippen molar-refractivity contribution in [3.8, 4) is 0 Å². The first kappa shape index (κ1) is 15.2. The fraction of sp³-hybridized carbons (Fsp3) is 0.500. The molecule has 0 saturated heterocycles. The Morgan fingerprint density at radius 3 is 2.50 bits per heavy atom. The second-order valence-corrected chi connectivity index (χ2v) is 4.65. The average molecular weight is 276 g/mol. The maximum absolute atomic E-state index is 13.3. The Labute approximate surface area is 108 Å². The minimum absolute atomic E-state index is 0.141. The summed E-state index contributed by atoms with van der Waals surface area (Å²) in [6.45, 7) is 0. The third-order valence-electron chi connectivity index (χ3n) is 2.79. The van der Waals surface area contributed by atoms with Crippen LogP contribution in [-0.2, 0) is 10.8 Å². The standard InChI is InChI=1S/C12H18F2O3Si/c13-10-6-5-9(11(14)8-10)4-2-1-3-7-12(15,16)17-18/h5-6,8,15-16H,1-4,7H2,18H3. The van der Waals surface area contributed by atoms with Gasteiger partial charge in [0.1, 0.15) is 11.6 Å². The van der Waals surface area contributed by atoms with Crippen LogP contribution >= 0.6 is 0 Å². The lowest BCUT2D eigenvalue weighted by atomic mass is 10.1. The van der Waals surface area contributed by atoms with Crippen molar-refractivity contribution in [3.63, 3.8) is 0 Å². The lowest BCUT2D eigenvalue weighted by molar-refractivity contribution is -0.295. The molecule has 18 heavy (non-hydrogen) atoms. The zero-order valence-corrected chi connectivity index (χ0v) is 12.3. The molecule has 0 heterocycles. The highest BCUT2D eigenvalue weighted by Gasteiger charge is 2.19. The Bertz CT molecular complexity index is 386. The molecule has 0 radical (unpaired) electrons. The summed E-state index contributed by atoms with van der Waals surface area (Å²) in [5, 5.41) is 18.4. The largest absolute Gasteiger partial charge is 0.381 e. The third kappa shape index (κ3) is 5.22. The van der Waals surface area contributed by atoms with Gasteiger partial charge in [0.05, 0.1) is 0 Å². The van der Waals surface area contributed by atoms with Crippen LogP contribution < -0.4 is 0 Å². The Hall–Kier alpha value is -0.823. The molecule has 3 nitrogen and oxygen atoms in total. The van der Waals surface area contributed by atoms with E-state index in [1.807, 2.05) is 0 Å². The molecule has 0 bridgehead atoms. The first-order valence-electron chi connectivity index (χ1n) is 5.88. The minimum atomic E-state index is -2.02. The van der Waals surface area contributed by atoms with E-state index in [-0.39, 0.29) is 16.9 Å². The van der Waals surface area contributed by atoms with Gasteiger partial charge in [0.15, 0.2) is 10.5 Å². The van der Waals surface area contributed by atoms with Gasteiger partial charge in [0, 0.05) is 12.5 Å². The molecule has 0 aliphatic rings. The summed E-state index contributed by atoms with van der Waals surface area (Å²) in [6, 6.07) is 3.55. The van der Waals surface area contributed by atoms with E-state index in [9.17, 15) is 19.0 Å². The maximum Gasteiger partial charge on any atom is 0.267 e. The van der Waals surface area contributed by atoms with Gasteiger partial charge in [0.25, 0.3) is 5.97 Å². The number of halogens is 2. The lowest BCUT2D eigenvalue weighted by Gasteiger charge is -2.19. The van der Waals surface area contributed by atoms with Crippen LogP contribution in [0, 0.1) is 11.6 Å². The van der Waals surface area contributed by atoms with Crippen molar-refractivity contribution in [3.05, 3.63) is 35.4 Å². The Morgan fingerprint density at radius 1 is 1.17 bits per heavy atom. The molecular formula is C12H18F2O3Si. The number of benzene rings is 1. The molecule has 1 aromatic rings. The number of rotatable bonds is 7. The molecule has 1 aromatic carbocycles. The van der Waals surface area contributed by atoms with Gasteiger partial charge in [-0.2, -0.15) is 0 Å². The summed E-state index contributed by atoms with van der Waals surface area (Å²) >= 11 is 0. The van der Waals surface area contributed by atoms with E-state index in [2.05, 4.69) is 4.43 Å². The van der Waals surface area contributed by atoms with E-state index >= 15 is 0 Å². The predicted molar refractivity (Wildman–Crippen MR) is 66.7 cm³/mol. The molecular weight excluding hydrogens is 258 g/mol. The number of aryl methyl sites for hydroxylation is 1. The van der Waals surface area contributed by atoms with Crippen molar-refractivity contribution < 1.29 is 23.4 Å². The molecule has 0 saturated carbocycles. The van der Waals surface area contributed by atoms with Gasteiger partial charge < -0.3 is 14.6 Å². The summed E-state index contributed by atoms with van der Waals surface area (Å²) in [6.07, 6.45) is 2.67. The SMILES string of the molecule is OC(O)(CCCCCc1ccc(F)cc1F)O[SiH3]. The van der Waals surface area contributed by atoms with Crippen LogP contribution in [0.5, 0.6) is 0 Å². The van der Waals surface area contributed by atoms with Crippen LogP contribution in [0.3, 0.4) is 0 Å². The Balaban J connectivity index is 2.26. The van der Waals surface area contributed by atoms with Gasteiger partial charge in [-0.3, -0.25) is 0 Å². The predicted octanol–water partition coefficient (Wildman–Crippen LogP) is 1.00. The number of aliphatic hydroxyl groups is 2. The number of hydrogen-bond donors (Lipinski definition) is 2. The summed E-state index contributed by atoms with van der Waals surface area (Å²) in [5.41, 5.74) is 0.481. The van der Waals surface area contributed by atoms with Crippen LogP contribution in [0.4, 0.5) is 8.78 Å². The molecule has 0 spiro atoms. The average Bonchev–Trinajstić information content (AvgIpc) is 2.31. The van der Waals surface area contributed by atoms with E-state index in [1.54, 1.807) is 0 Å². The van der Waals surface area contributed by atoms with Crippen molar-refractivity contribution in [2.75, 3.05) is 0 Å². The minimum Gasteiger partial charge on any atom is -0.381 e. The van der Waals surface area contributed by atoms with E-state index < -0.39 is 17.6 Å². The van der Waals surface area contributed by atoms with Gasteiger partial charge in [-0.25, -0.2) is 8.78 Å². The topological polar surface area (TPSA) is 49.7 Å². The van der Waals surface area contributed by atoms with Crippen molar-refractivity contribution >= 4 is 10.5 Å². The second-order valence-electron chi connectivity index (χ2n) is 4.24. The smallest absolute Gasteiger partial charge is 0.267 e. The van der Waals surface area contributed by atoms with Crippen molar-refractivity contribution in [2.24, 2.45) is 0 Å². The van der Waals surface area contributed by atoms with Gasteiger partial charge in [-0.1, -0.05) is 12.5 Å². The monoisotopic (exact) mass is 276 g/mol. The molecule has 102 valence electrons. The van der Waals surface area contributed by atoms with Crippen LogP contribution in [0.1, 0.15) is 31.2 Å². The van der Waals surface area contributed by atoms with Gasteiger partial charge in [-0.05, 0) is 30.9 Å². The van der Waals surface area contributed by atoms with Gasteiger partial charge >= 0.3 is 0 Å². The third-order valence-corrected chi connectivity index (χ3v) is 3.44. The zero-order chi connectivity index (χ0) is 13.6. The van der Waals surface area contributed by atoms with E-state index in [0.29, 0.717) is 24.8 Å². The van der Waals surface area contributed by atoms with Crippen LogP contribution in [0.15, 0.2) is 18.2 Å². The molecule has 0 atom stereocenters. The highest BCUT2D eigenvalue weighted by Crippen LogP contribution is 2.16. The lowest BCUT2D eigenvalue weighted by Crippen LogP contribution is -2.30. The summed E-state index contributed by atoms with van der Waals surface area (Å²) in [7, 11) is 0.259. The molecule has 0 aromatic heterocycles. The second kappa shape index (κ2) is 6.94. The molecule has 6 heteroatoms. The molecule has 0 fully saturated rings. The van der Waals surface area contributed by atoms with Gasteiger partial charge in [0.2, 0.25) is 0 Å². The maximum atomic E-state index is 13.3. The normalized spacial score (nSPS) is 12.0. The van der Waals surface area contributed by atoms with E-state index in [1.165, 1.54) is 12.1 Å². The molecule has 0 aliphatic carbocycles. The van der Waals surface area contributed by atoms with Crippen molar-refractivity contribution in [1.29, 1.82) is 0 Å². The highest BCUT2D eigenvalue weighted by atomic mass is 28.2. The van der Waals surface area contributed by atoms with Crippen LogP contribution in [0.25, 0.3) is 0 Å². The molecule has 2 N–H and O–H groups in total. The molecule has 0 aliphatic heterocycles. The molecule has 0 unspecified atom stereocenters. The zero-order valence-electron chi connectivity index (χ0n) is 10.3. The molecule has 1 rings (SSSR count). The van der Waals surface area contributed by atoms with Crippen molar-refractivity contribution in [1.82, 2.24) is 0 Å². The summed E-state index contributed by atoms with van der Waals surface area (Å²) in [4.78, 5) is 0. The Morgan fingerprint density at radius 2 is 1.89 bits per heavy atom. The van der Waals surface area contributed by atoms with Crippen LogP contribution in [-0.4, -0.2) is 26.7 Å². The van der Waals surface area contributed by atoms with Gasteiger partial charge in [-0.15, -0.1) is 0 Å². The first-order chi connectivity index (χ1) is 8.44. The highest BCUT2D eigenvalue weighted by molar-refractivity contribution is 5.98. The van der Waals surface area contributed by atoms with E-state index in [0.717, 1.165) is 12.5 Å². The summed E-state index contributed by atoms with van der Waals surface area (Å²) in [5.74, 6) is -3.13. The van der Waals surface area contributed by atoms with Crippen LogP contribution in [0.2, 0.25) is 0 Å². The van der Waals surface area contributed by atoms with Crippen molar-refractivity contribution in [2.45, 2.75) is 38.1 Å². The molecule has 0 amide bonds. The first-order valence-corrected chi connectivity index (χ1v) is 6.70. The number of hydrogen-bond acceptors (Lipinski definition) is 3. The summed E-state index contributed by atoms with van der Waals surface area (Å²) < 4.78 is 30.5. The Kier molecular flexibility index (Phi) is 5.87. The fourth-order valence-electron chi connectivity index (χ4n) is 1.67.